The maximum Gasteiger partial charge on any atom is 0.433 e. The van der Waals surface area contributed by atoms with Crippen LogP contribution < -0.4 is 5.32 Å². The standard InChI is InChI=1S/C15H13F3N2O2S/c1-9(7-11(21)12-3-2-6-23-12)20-14(22)10-4-5-13(19-8-10)15(16,17)18/h2-6,8-9H,7H2,1H3,(H,20,22)/t9-/m1/s1. The lowest BCUT2D eigenvalue weighted by atomic mass is 10.1. The van der Waals surface area contributed by atoms with E-state index in [0.29, 0.717) is 4.88 Å². The highest BCUT2D eigenvalue weighted by Crippen LogP contribution is 2.27. The van der Waals surface area contributed by atoms with Crippen LogP contribution in [0.3, 0.4) is 0 Å². The van der Waals surface area contributed by atoms with E-state index in [1.54, 1.807) is 24.4 Å². The Morgan fingerprint density at radius 2 is 2.04 bits per heavy atom. The molecule has 1 N–H and O–H groups in total. The summed E-state index contributed by atoms with van der Waals surface area (Å²) in [4.78, 5) is 27.7. The third-order valence-electron chi connectivity index (χ3n) is 2.98. The van der Waals surface area contributed by atoms with Crippen molar-refractivity contribution in [2.45, 2.75) is 25.6 Å². The molecule has 0 unspecified atom stereocenters. The third kappa shape index (κ3) is 4.62. The molecule has 0 bridgehead atoms. The van der Waals surface area contributed by atoms with Crippen LogP contribution in [0.5, 0.6) is 0 Å². The number of hydrogen-bond acceptors (Lipinski definition) is 4. The number of Topliss-reactive ketones (excluding diaryl/α,β-unsaturated/α-hetero) is 1. The Balaban J connectivity index is 1.94. The van der Waals surface area contributed by atoms with Crippen LogP contribution in [0.4, 0.5) is 13.2 Å². The summed E-state index contributed by atoms with van der Waals surface area (Å²) < 4.78 is 37.2. The zero-order valence-electron chi connectivity index (χ0n) is 12.1. The predicted molar refractivity (Wildman–Crippen MR) is 79.4 cm³/mol. The largest absolute Gasteiger partial charge is 0.433 e. The molecule has 0 aliphatic heterocycles. The van der Waals surface area contributed by atoms with Crippen molar-refractivity contribution in [3.63, 3.8) is 0 Å². The van der Waals surface area contributed by atoms with Crippen LogP contribution in [0.25, 0.3) is 0 Å². The minimum Gasteiger partial charge on any atom is -0.349 e. The van der Waals surface area contributed by atoms with E-state index in [2.05, 4.69) is 10.3 Å². The predicted octanol–water partition coefficient (Wildman–Crippen LogP) is 3.55. The van der Waals surface area contributed by atoms with Gasteiger partial charge >= 0.3 is 6.18 Å². The summed E-state index contributed by atoms with van der Waals surface area (Å²) in [5.74, 6) is -0.670. The van der Waals surface area contributed by atoms with Crippen LogP contribution in [-0.4, -0.2) is 22.7 Å². The van der Waals surface area contributed by atoms with Gasteiger partial charge < -0.3 is 5.32 Å². The number of pyridine rings is 1. The number of carbonyl (C=O) groups is 2. The van der Waals surface area contributed by atoms with Crippen molar-refractivity contribution in [1.82, 2.24) is 10.3 Å². The molecule has 0 aliphatic rings. The quantitative estimate of drug-likeness (QED) is 0.846. The van der Waals surface area contributed by atoms with Gasteiger partial charge in [-0.05, 0) is 30.5 Å². The van der Waals surface area contributed by atoms with Gasteiger partial charge in [0.25, 0.3) is 5.91 Å². The molecule has 0 saturated carbocycles. The Bertz CT molecular complexity index is 682. The SMILES string of the molecule is C[C@H](CC(=O)c1cccs1)NC(=O)c1ccc(C(F)(F)F)nc1. The number of nitrogens with zero attached hydrogens (tertiary/aromatic N) is 1. The van der Waals surface area contributed by atoms with Crippen LogP contribution >= 0.6 is 11.3 Å². The molecule has 23 heavy (non-hydrogen) atoms. The second kappa shape index (κ2) is 6.91. The lowest BCUT2D eigenvalue weighted by Crippen LogP contribution is -2.34. The lowest BCUT2D eigenvalue weighted by Gasteiger charge is -2.13. The Kier molecular flexibility index (Phi) is 5.15. The zero-order chi connectivity index (χ0) is 17.0. The number of amides is 1. The number of aromatic nitrogens is 1. The molecule has 2 heterocycles. The van der Waals surface area contributed by atoms with Crippen LogP contribution in [0.15, 0.2) is 35.8 Å². The zero-order valence-corrected chi connectivity index (χ0v) is 12.9. The molecule has 0 aliphatic carbocycles. The van der Waals surface area contributed by atoms with Gasteiger partial charge in [0.05, 0.1) is 10.4 Å². The molecule has 0 radical (unpaired) electrons. The highest BCUT2D eigenvalue weighted by molar-refractivity contribution is 7.12. The highest BCUT2D eigenvalue weighted by atomic mass is 32.1. The van der Waals surface area contributed by atoms with Crippen LogP contribution in [0.2, 0.25) is 0 Å². The number of halogens is 3. The molecule has 8 heteroatoms. The Morgan fingerprint density at radius 1 is 1.30 bits per heavy atom. The lowest BCUT2D eigenvalue weighted by molar-refractivity contribution is -0.141. The van der Waals surface area contributed by atoms with Gasteiger partial charge in [0.15, 0.2) is 5.78 Å². The van der Waals surface area contributed by atoms with Crippen molar-refractivity contribution in [3.8, 4) is 0 Å². The topological polar surface area (TPSA) is 59.1 Å². The summed E-state index contributed by atoms with van der Waals surface area (Å²) in [6.07, 6.45) is -3.57. The number of ketones is 1. The van der Waals surface area contributed by atoms with Crippen molar-refractivity contribution < 1.29 is 22.8 Å². The molecule has 122 valence electrons. The van der Waals surface area contributed by atoms with Gasteiger partial charge in [0.2, 0.25) is 0 Å². The van der Waals surface area contributed by atoms with Crippen molar-refractivity contribution in [2.24, 2.45) is 0 Å². The molecular weight excluding hydrogens is 329 g/mol. The van der Waals surface area contributed by atoms with Gasteiger partial charge in [-0.15, -0.1) is 11.3 Å². The van der Waals surface area contributed by atoms with Gasteiger partial charge in [-0.1, -0.05) is 6.07 Å². The summed E-state index contributed by atoms with van der Waals surface area (Å²) >= 11 is 1.31. The highest BCUT2D eigenvalue weighted by Gasteiger charge is 2.32. The summed E-state index contributed by atoms with van der Waals surface area (Å²) in [6, 6.07) is 4.81. The number of thiophene rings is 1. The molecule has 2 rings (SSSR count). The summed E-state index contributed by atoms with van der Waals surface area (Å²) in [5, 5.41) is 4.35. The number of alkyl halides is 3. The fourth-order valence-electron chi connectivity index (χ4n) is 1.87. The molecular formula is C15H13F3N2O2S. The molecule has 0 fully saturated rings. The summed E-state index contributed by atoms with van der Waals surface area (Å²) in [7, 11) is 0. The fraction of sp³-hybridized carbons (Fsp3) is 0.267. The first-order valence-electron chi connectivity index (χ1n) is 6.68. The van der Waals surface area contributed by atoms with E-state index in [1.165, 1.54) is 11.3 Å². The first-order chi connectivity index (χ1) is 10.8. The van der Waals surface area contributed by atoms with E-state index in [9.17, 15) is 22.8 Å². The van der Waals surface area contributed by atoms with Gasteiger partial charge in [-0.25, -0.2) is 0 Å². The number of carbonyl (C=O) groups excluding carboxylic acids is 2. The fourth-order valence-corrected chi connectivity index (χ4v) is 2.55. The van der Waals surface area contributed by atoms with Gasteiger partial charge in [-0.3, -0.25) is 14.6 Å². The normalized spacial score (nSPS) is 12.7. The smallest absolute Gasteiger partial charge is 0.349 e. The van der Waals surface area contributed by atoms with Gasteiger partial charge in [-0.2, -0.15) is 13.2 Å². The van der Waals surface area contributed by atoms with Crippen LogP contribution in [0, 0.1) is 0 Å². The molecule has 1 atom stereocenters. The van der Waals surface area contributed by atoms with E-state index in [-0.39, 0.29) is 17.8 Å². The average Bonchev–Trinajstić information content (AvgIpc) is 3.00. The molecule has 4 nitrogen and oxygen atoms in total. The second-order valence-electron chi connectivity index (χ2n) is 4.91. The molecule has 0 saturated heterocycles. The number of hydrogen-bond donors (Lipinski definition) is 1. The monoisotopic (exact) mass is 342 g/mol. The first-order valence-corrected chi connectivity index (χ1v) is 7.56. The molecule has 0 spiro atoms. The molecule has 2 aromatic heterocycles. The van der Waals surface area contributed by atoms with Gasteiger partial charge in [0, 0.05) is 18.7 Å². The Labute approximate surface area is 134 Å². The van der Waals surface area contributed by atoms with Crippen molar-refractivity contribution in [3.05, 3.63) is 52.0 Å². The van der Waals surface area contributed by atoms with Gasteiger partial charge in [0.1, 0.15) is 5.69 Å². The maximum absolute atomic E-state index is 12.4. The summed E-state index contributed by atoms with van der Waals surface area (Å²) in [5.41, 5.74) is -1.05. The molecule has 2 aromatic rings. The summed E-state index contributed by atoms with van der Waals surface area (Å²) in [6.45, 7) is 1.65. The van der Waals surface area contributed by atoms with Crippen LogP contribution in [-0.2, 0) is 6.18 Å². The van der Waals surface area contributed by atoms with E-state index in [1.807, 2.05) is 0 Å². The van der Waals surface area contributed by atoms with E-state index >= 15 is 0 Å². The average molecular weight is 342 g/mol. The van der Waals surface area contributed by atoms with Crippen LogP contribution in [0.1, 0.15) is 39.1 Å². The van der Waals surface area contributed by atoms with Crippen molar-refractivity contribution >= 4 is 23.0 Å². The second-order valence-corrected chi connectivity index (χ2v) is 5.86. The van der Waals surface area contributed by atoms with E-state index < -0.39 is 23.8 Å². The minimum atomic E-state index is -4.55. The minimum absolute atomic E-state index is 0.00780. The van der Waals surface area contributed by atoms with Crippen molar-refractivity contribution in [1.29, 1.82) is 0 Å². The molecule has 0 aromatic carbocycles. The molecule has 1 amide bonds. The number of nitrogens with one attached hydrogen (secondary N) is 1. The third-order valence-corrected chi connectivity index (χ3v) is 3.89. The van der Waals surface area contributed by atoms with Crippen molar-refractivity contribution in [2.75, 3.05) is 0 Å². The van der Waals surface area contributed by atoms with E-state index in [4.69, 9.17) is 0 Å². The number of rotatable bonds is 5. The first kappa shape index (κ1) is 17.1. The van der Waals surface area contributed by atoms with E-state index in [0.717, 1.165) is 18.3 Å². The maximum atomic E-state index is 12.4. The Hall–Kier alpha value is -2.22. The Morgan fingerprint density at radius 3 is 2.57 bits per heavy atom.